The average molecular weight is 644 g/mol. The Hall–Kier alpha value is -5.54. The molecule has 5 N–H and O–H groups in total. The van der Waals surface area contributed by atoms with Gasteiger partial charge in [-0.3, -0.25) is 0 Å². The van der Waals surface area contributed by atoms with E-state index in [0.29, 0.717) is 17.3 Å². The van der Waals surface area contributed by atoms with Gasteiger partial charge in [-0.25, -0.2) is 0 Å². The molecule has 0 fully saturated rings. The molecular formula is C46H49N3. The third-order valence-corrected chi connectivity index (χ3v) is 9.34. The first-order valence-electron chi connectivity index (χ1n) is 17.1. The van der Waals surface area contributed by atoms with Crippen molar-refractivity contribution < 1.29 is 0 Å². The molecule has 0 amide bonds. The lowest BCUT2D eigenvalue weighted by molar-refractivity contribution is 0.551. The number of nitrogens with two attached hydrogens (primary N) is 2. The van der Waals surface area contributed by atoms with Crippen LogP contribution in [0.2, 0.25) is 0 Å². The van der Waals surface area contributed by atoms with Crippen molar-refractivity contribution in [1.82, 2.24) is 5.32 Å². The number of dihydropyridines is 1. The van der Waals surface area contributed by atoms with Crippen LogP contribution < -0.4 is 16.8 Å². The Kier molecular flexibility index (Phi) is 11.4. The highest BCUT2D eigenvalue weighted by Gasteiger charge is 2.32. The van der Waals surface area contributed by atoms with Gasteiger partial charge in [-0.05, 0) is 108 Å². The molecule has 2 aliphatic rings. The second-order valence-electron chi connectivity index (χ2n) is 12.8. The number of rotatable bonds is 10. The predicted molar refractivity (Wildman–Crippen MR) is 210 cm³/mol. The molecule has 1 heterocycles. The van der Waals surface area contributed by atoms with Crippen LogP contribution in [0.3, 0.4) is 0 Å². The lowest BCUT2D eigenvalue weighted by Gasteiger charge is -2.36. The molecule has 2 atom stereocenters. The van der Waals surface area contributed by atoms with E-state index >= 15 is 0 Å². The number of nitrogens with one attached hydrogen (secondary N) is 1. The minimum atomic E-state index is -0.487. The summed E-state index contributed by atoms with van der Waals surface area (Å²) in [7, 11) is 0. The van der Waals surface area contributed by atoms with Crippen molar-refractivity contribution in [1.29, 1.82) is 0 Å². The van der Waals surface area contributed by atoms with Crippen LogP contribution in [-0.4, -0.2) is 0 Å². The van der Waals surface area contributed by atoms with E-state index in [1.165, 1.54) is 33.4 Å². The molecule has 0 spiro atoms. The monoisotopic (exact) mass is 643 g/mol. The van der Waals surface area contributed by atoms with Gasteiger partial charge in [0.25, 0.3) is 0 Å². The van der Waals surface area contributed by atoms with Gasteiger partial charge in [0.2, 0.25) is 0 Å². The maximum Gasteiger partial charge on any atom is 0.103 e. The van der Waals surface area contributed by atoms with Gasteiger partial charge in [0, 0.05) is 17.0 Å². The summed E-state index contributed by atoms with van der Waals surface area (Å²) in [6.45, 7) is 10.6. The van der Waals surface area contributed by atoms with E-state index in [9.17, 15) is 0 Å². The van der Waals surface area contributed by atoms with Crippen LogP contribution in [0.25, 0.3) is 5.57 Å². The van der Waals surface area contributed by atoms with E-state index in [1.54, 1.807) is 0 Å². The zero-order chi connectivity index (χ0) is 34.8. The van der Waals surface area contributed by atoms with Crippen molar-refractivity contribution in [3.05, 3.63) is 219 Å². The van der Waals surface area contributed by atoms with Crippen LogP contribution in [0.1, 0.15) is 68.4 Å². The third-order valence-electron chi connectivity index (χ3n) is 9.34. The van der Waals surface area contributed by atoms with Crippen LogP contribution in [0.15, 0.2) is 192 Å². The summed E-state index contributed by atoms with van der Waals surface area (Å²) in [4.78, 5) is 0. The van der Waals surface area contributed by atoms with Crippen LogP contribution in [-0.2, 0) is 12.0 Å². The smallest absolute Gasteiger partial charge is 0.103 e. The third kappa shape index (κ3) is 7.96. The van der Waals surface area contributed by atoms with Crippen molar-refractivity contribution in [2.75, 3.05) is 0 Å². The molecular weight excluding hydrogens is 595 g/mol. The molecule has 3 aromatic carbocycles. The summed E-state index contributed by atoms with van der Waals surface area (Å²) < 4.78 is 0. The van der Waals surface area contributed by atoms with E-state index < -0.39 is 5.54 Å². The normalized spacial score (nSPS) is 24.0. The van der Waals surface area contributed by atoms with Crippen molar-refractivity contribution >= 4 is 5.57 Å². The minimum Gasteiger partial charge on any atom is -0.398 e. The average Bonchev–Trinajstić information content (AvgIpc) is 3.12. The summed E-state index contributed by atoms with van der Waals surface area (Å²) >= 11 is 0. The lowest BCUT2D eigenvalue weighted by Crippen LogP contribution is -2.40. The quantitative estimate of drug-likeness (QED) is 0.193. The highest BCUT2D eigenvalue weighted by Crippen LogP contribution is 2.37. The molecule has 0 bridgehead atoms. The summed E-state index contributed by atoms with van der Waals surface area (Å²) in [6.07, 6.45) is 28.3. The van der Waals surface area contributed by atoms with E-state index in [-0.39, 0.29) is 0 Å². The molecule has 0 saturated heterocycles. The predicted octanol–water partition coefficient (Wildman–Crippen LogP) is 10.4. The van der Waals surface area contributed by atoms with E-state index in [0.717, 1.165) is 28.7 Å². The number of allylic oxidation sites excluding steroid dienone is 15. The van der Waals surface area contributed by atoms with Gasteiger partial charge in [0.05, 0.1) is 0 Å². The molecule has 0 aromatic heterocycles. The first-order chi connectivity index (χ1) is 23.8. The Labute approximate surface area is 293 Å². The molecule has 3 heteroatoms. The molecule has 1 aliphatic heterocycles. The van der Waals surface area contributed by atoms with Gasteiger partial charge in [0.1, 0.15) is 5.54 Å². The Morgan fingerprint density at radius 3 is 2.29 bits per heavy atom. The zero-order valence-corrected chi connectivity index (χ0v) is 29.5. The molecule has 1 aliphatic carbocycles. The van der Waals surface area contributed by atoms with E-state index in [2.05, 4.69) is 160 Å². The first kappa shape index (κ1) is 34.8. The fourth-order valence-corrected chi connectivity index (χ4v) is 6.57. The fourth-order valence-electron chi connectivity index (χ4n) is 6.57. The summed E-state index contributed by atoms with van der Waals surface area (Å²) in [6, 6.07) is 28.1. The fraction of sp³-hybridized carbons (Fsp3) is 0.174. The van der Waals surface area contributed by atoms with Gasteiger partial charge in [-0.2, -0.15) is 0 Å². The largest absolute Gasteiger partial charge is 0.398 e. The Balaban J connectivity index is 1.50. The molecule has 5 rings (SSSR count). The Morgan fingerprint density at radius 1 is 0.857 bits per heavy atom. The Bertz CT molecular complexity index is 1950. The van der Waals surface area contributed by atoms with Crippen molar-refractivity contribution in [2.45, 2.75) is 52.5 Å². The Morgan fingerprint density at radius 2 is 1.59 bits per heavy atom. The number of hydrogen-bond donors (Lipinski definition) is 3. The lowest BCUT2D eigenvalue weighted by atomic mass is 9.78. The highest BCUT2D eigenvalue weighted by atomic mass is 15.0. The van der Waals surface area contributed by atoms with Gasteiger partial charge in [-0.1, -0.05) is 147 Å². The molecule has 3 nitrogen and oxygen atoms in total. The molecule has 248 valence electrons. The molecule has 0 saturated carbocycles. The van der Waals surface area contributed by atoms with Crippen LogP contribution in [0.4, 0.5) is 0 Å². The molecule has 49 heavy (non-hydrogen) atoms. The topological polar surface area (TPSA) is 64.1 Å². The van der Waals surface area contributed by atoms with E-state index in [1.807, 2.05) is 37.4 Å². The zero-order valence-electron chi connectivity index (χ0n) is 29.5. The minimum absolute atomic E-state index is 0.299. The summed E-state index contributed by atoms with van der Waals surface area (Å²) in [5, 5.41) is 3.72. The standard InChI is InChI=1S/C46H49N3/c1-6-15-38(26-22-34(4)37-17-9-8-10-18-37)35(5)46(29-13-14-30-49-46)41-27-23-36(24-28-41)32-40-19-11-12-20-42(40)44-43(47)31-33(3)21-25-39(16-7-2)45(44)48/h6-31,34,49H,32,47-48H2,1-5H3/b15-6-,16-7-,25-21+,26-22-,33-21?,33-31+,38-35+,39-25?,43-31?,44-43+,45-39+,45-44?. The van der Waals surface area contributed by atoms with Crippen molar-refractivity contribution in [3.63, 3.8) is 0 Å². The van der Waals surface area contributed by atoms with Crippen LogP contribution in [0, 0.1) is 0 Å². The van der Waals surface area contributed by atoms with Gasteiger partial charge < -0.3 is 16.8 Å². The van der Waals surface area contributed by atoms with Gasteiger partial charge in [-0.15, -0.1) is 0 Å². The second-order valence-corrected chi connectivity index (χ2v) is 12.8. The molecule has 0 radical (unpaired) electrons. The molecule has 2 unspecified atom stereocenters. The van der Waals surface area contributed by atoms with E-state index in [4.69, 9.17) is 11.5 Å². The van der Waals surface area contributed by atoms with Gasteiger partial charge in [0.15, 0.2) is 0 Å². The van der Waals surface area contributed by atoms with Gasteiger partial charge >= 0.3 is 0 Å². The number of benzene rings is 3. The summed E-state index contributed by atoms with van der Waals surface area (Å²) in [5.74, 6) is 0.299. The van der Waals surface area contributed by atoms with Crippen molar-refractivity contribution in [2.24, 2.45) is 11.5 Å². The summed E-state index contributed by atoms with van der Waals surface area (Å²) in [5.41, 5.74) is 25.7. The highest BCUT2D eigenvalue weighted by molar-refractivity contribution is 5.85. The number of hydrogen-bond acceptors (Lipinski definition) is 3. The second kappa shape index (κ2) is 16.0. The maximum atomic E-state index is 6.84. The van der Waals surface area contributed by atoms with Crippen molar-refractivity contribution in [3.8, 4) is 0 Å². The molecule has 3 aromatic rings. The van der Waals surface area contributed by atoms with Crippen LogP contribution in [0.5, 0.6) is 0 Å². The maximum absolute atomic E-state index is 6.84. The van der Waals surface area contributed by atoms with Crippen LogP contribution >= 0.6 is 0 Å². The first-order valence-corrected chi connectivity index (χ1v) is 17.1. The SMILES string of the molecule is C\C=C/C(/C=C\C(C)c1ccccc1)=C(/C)C1(c2ccc(Cc3ccccc3C3=C(N)/C=C(C)/C=C/C(/C=C\C)=C\3N)cc2)C=CC=CN1.